The zero-order valence-corrected chi connectivity index (χ0v) is 16.3. The molecule has 5 nitrogen and oxygen atoms in total. The fourth-order valence-electron chi connectivity index (χ4n) is 4.52. The maximum atomic E-state index is 12.6. The topological polar surface area (TPSA) is 48.0 Å². The van der Waals surface area contributed by atoms with E-state index >= 15 is 0 Å². The van der Waals surface area contributed by atoms with E-state index in [4.69, 9.17) is 14.2 Å². The second-order valence-corrected chi connectivity index (χ2v) is 8.35. The summed E-state index contributed by atoms with van der Waals surface area (Å²) in [4.78, 5) is 14.6. The van der Waals surface area contributed by atoms with Gasteiger partial charge in [0.2, 0.25) is 5.91 Å². The van der Waals surface area contributed by atoms with Crippen LogP contribution in [0.5, 0.6) is 0 Å². The van der Waals surface area contributed by atoms with Gasteiger partial charge in [-0.3, -0.25) is 4.79 Å². The summed E-state index contributed by atoms with van der Waals surface area (Å²) in [6.07, 6.45) is 3.72. The molecule has 3 aliphatic heterocycles. The van der Waals surface area contributed by atoms with Crippen LogP contribution in [-0.2, 0) is 25.4 Å². The highest BCUT2D eigenvalue weighted by Crippen LogP contribution is 2.40. The normalized spacial score (nSPS) is 24.9. The molecule has 4 rings (SSSR count). The molecule has 1 aromatic rings. The van der Waals surface area contributed by atoms with Crippen LogP contribution in [0.15, 0.2) is 24.3 Å². The predicted molar refractivity (Wildman–Crippen MR) is 103 cm³/mol. The van der Waals surface area contributed by atoms with Gasteiger partial charge in [-0.05, 0) is 43.2 Å². The number of likely N-dealkylation sites (tertiary alicyclic amines) is 1. The third kappa shape index (κ3) is 4.20. The average Bonchev–Trinajstić information content (AvgIpc) is 3.07. The number of hydrogen-bond donors (Lipinski definition) is 0. The molecule has 3 aliphatic rings. The minimum absolute atomic E-state index is 0.170. The molecule has 3 fully saturated rings. The SMILES string of the molecule is Cc1ccccc1CC(=O)N1CC2(C1)OCC[C@@H]2COCC1CCOCC1. The number of rotatable bonds is 6. The molecule has 0 aromatic heterocycles. The standard InChI is InChI=1S/C22H31NO4/c1-17-4-2-3-5-19(17)12-21(24)23-15-22(16-23)20(8-11-27-22)14-26-13-18-6-9-25-10-7-18/h2-5,18,20H,6-16H2,1H3/t20-/m1/s1. The third-order valence-corrected chi connectivity index (χ3v) is 6.49. The van der Waals surface area contributed by atoms with Crippen molar-refractivity contribution >= 4 is 5.91 Å². The number of carbonyl (C=O) groups excluding carboxylic acids is 1. The quantitative estimate of drug-likeness (QED) is 0.769. The number of hydrogen-bond acceptors (Lipinski definition) is 4. The van der Waals surface area contributed by atoms with E-state index in [0.717, 1.165) is 57.9 Å². The lowest BCUT2D eigenvalue weighted by atomic mass is 9.81. The molecule has 1 spiro atoms. The Hall–Kier alpha value is -1.43. The second-order valence-electron chi connectivity index (χ2n) is 8.35. The first-order valence-corrected chi connectivity index (χ1v) is 10.3. The summed E-state index contributed by atoms with van der Waals surface area (Å²) in [5.74, 6) is 1.23. The van der Waals surface area contributed by atoms with Gasteiger partial charge in [0, 0.05) is 32.3 Å². The highest BCUT2D eigenvalue weighted by Gasteiger charge is 2.54. The van der Waals surface area contributed by atoms with Crippen molar-refractivity contribution < 1.29 is 19.0 Å². The number of aryl methyl sites for hydroxylation is 1. The Kier molecular flexibility index (Phi) is 5.81. The van der Waals surface area contributed by atoms with Gasteiger partial charge in [-0.15, -0.1) is 0 Å². The lowest BCUT2D eigenvalue weighted by Crippen LogP contribution is -2.66. The van der Waals surface area contributed by atoms with Crippen LogP contribution in [0.3, 0.4) is 0 Å². The summed E-state index contributed by atoms with van der Waals surface area (Å²) in [5, 5.41) is 0. The number of carbonyl (C=O) groups is 1. The van der Waals surface area contributed by atoms with Crippen LogP contribution in [0.4, 0.5) is 0 Å². The molecule has 0 bridgehead atoms. The van der Waals surface area contributed by atoms with Gasteiger partial charge in [0.05, 0.1) is 26.1 Å². The first-order valence-electron chi connectivity index (χ1n) is 10.3. The van der Waals surface area contributed by atoms with Crippen LogP contribution >= 0.6 is 0 Å². The van der Waals surface area contributed by atoms with E-state index < -0.39 is 0 Å². The maximum absolute atomic E-state index is 12.6. The van der Waals surface area contributed by atoms with Gasteiger partial charge in [-0.1, -0.05) is 24.3 Å². The Morgan fingerprint density at radius 3 is 2.70 bits per heavy atom. The summed E-state index contributed by atoms with van der Waals surface area (Å²) in [6.45, 7) is 7.57. The van der Waals surface area contributed by atoms with Crippen LogP contribution in [0.2, 0.25) is 0 Å². The second kappa shape index (κ2) is 8.29. The average molecular weight is 373 g/mol. The van der Waals surface area contributed by atoms with Crippen LogP contribution in [-0.4, -0.2) is 62.5 Å². The molecule has 0 N–H and O–H groups in total. The third-order valence-electron chi connectivity index (χ3n) is 6.49. The molecule has 3 saturated heterocycles. The van der Waals surface area contributed by atoms with Gasteiger partial charge in [-0.2, -0.15) is 0 Å². The van der Waals surface area contributed by atoms with Gasteiger partial charge in [0.25, 0.3) is 0 Å². The van der Waals surface area contributed by atoms with E-state index in [1.807, 2.05) is 23.1 Å². The van der Waals surface area contributed by atoms with Crippen LogP contribution in [0.25, 0.3) is 0 Å². The van der Waals surface area contributed by atoms with Gasteiger partial charge in [-0.25, -0.2) is 0 Å². The number of ether oxygens (including phenoxy) is 3. The molecule has 1 atom stereocenters. The van der Waals surface area contributed by atoms with Crippen molar-refractivity contribution in [2.45, 2.75) is 38.2 Å². The number of benzene rings is 1. The van der Waals surface area contributed by atoms with E-state index in [-0.39, 0.29) is 11.5 Å². The van der Waals surface area contributed by atoms with Crippen molar-refractivity contribution in [1.82, 2.24) is 4.90 Å². The van der Waals surface area contributed by atoms with E-state index in [1.165, 1.54) is 5.56 Å². The molecule has 5 heteroatoms. The summed E-state index contributed by atoms with van der Waals surface area (Å²) < 4.78 is 17.6. The Morgan fingerprint density at radius 1 is 1.15 bits per heavy atom. The molecule has 1 aromatic carbocycles. The van der Waals surface area contributed by atoms with Crippen LogP contribution < -0.4 is 0 Å². The lowest BCUT2D eigenvalue weighted by molar-refractivity contribution is -0.168. The van der Waals surface area contributed by atoms with Crippen molar-refractivity contribution in [3.63, 3.8) is 0 Å². The molecule has 0 unspecified atom stereocenters. The summed E-state index contributed by atoms with van der Waals surface area (Å²) in [5.41, 5.74) is 2.13. The molecule has 3 heterocycles. The molecule has 1 amide bonds. The molecule has 0 aliphatic carbocycles. The Bertz CT molecular complexity index is 649. The zero-order valence-electron chi connectivity index (χ0n) is 16.3. The van der Waals surface area contributed by atoms with Gasteiger partial charge < -0.3 is 19.1 Å². The monoisotopic (exact) mass is 373 g/mol. The highest BCUT2D eigenvalue weighted by molar-refractivity contribution is 5.80. The van der Waals surface area contributed by atoms with E-state index in [1.54, 1.807) is 0 Å². The Balaban J connectivity index is 1.24. The van der Waals surface area contributed by atoms with Crippen LogP contribution in [0, 0.1) is 18.8 Å². The van der Waals surface area contributed by atoms with E-state index in [9.17, 15) is 4.79 Å². The van der Waals surface area contributed by atoms with Gasteiger partial charge in [0.1, 0.15) is 5.60 Å². The van der Waals surface area contributed by atoms with E-state index in [2.05, 4.69) is 13.0 Å². The fraction of sp³-hybridized carbons (Fsp3) is 0.682. The van der Waals surface area contributed by atoms with Crippen LogP contribution in [0.1, 0.15) is 30.4 Å². The number of amides is 1. The molecule has 0 saturated carbocycles. The van der Waals surface area contributed by atoms with E-state index in [0.29, 0.717) is 31.3 Å². The van der Waals surface area contributed by atoms with Gasteiger partial charge in [0.15, 0.2) is 0 Å². The Labute approximate surface area is 162 Å². The molecule has 27 heavy (non-hydrogen) atoms. The molecular weight excluding hydrogens is 342 g/mol. The zero-order chi connectivity index (χ0) is 18.7. The lowest BCUT2D eigenvalue weighted by Gasteiger charge is -2.50. The van der Waals surface area contributed by atoms with Crippen molar-refractivity contribution in [1.29, 1.82) is 0 Å². The summed E-state index contributed by atoms with van der Waals surface area (Å²) in [7, 11) is 0. The minimum Gasteiger partial charge on any atom is -0.381 e. The van der Waals surface area contributed by atoms with Crippen molar-refractivity contribution in [2.24, 2.45) is 11.8 Å². The first kappa shape index (κ1) is 18.9. The molecule has 0 radical (unpaired) electrons. The predicted octanol–water partition coefficient (Wildman–Crippen LogP) is 2.60. The number of nitrogens with zero attached hydrogens (tertiary/aromatic N) is 1. The van der Waals surface area contributed by atoms with Crippen molar-refractivity contribution in [2.75, 3.05) is 46.1 Å². The summed E-state index contributed by atoms with van der Waals surface area (Å²) >= 11 is 0. The highest BCUT2D eigenvalue weighted by atomic mass is 16.5. The fourth-order valence-corrected chi connectivity index (χ4v) is 4.52. The first-order chi connectivity index (χ1) is 13.2. The Morgan fingerprint density at radius 2 is 1.93 bits per heavy atom. The molecular formula is C22H31NO4. The minimum atomic E-state index is -0.170. The summed E-state index contributed by atoms with van der Waals surface area (Å²) in [6, 6.07) is 8.12. The van der Waals surface area contributed by atoms with Crippen molar-refractivity contribution in [3.05, 3.63) is 35.4 Å². The van der Waals surface area contributed by atoms with Crippen molar-refractivity contribution in [3.8, 4) is 0 Å². The smallest absolute Gasteiger partial charge is 0.227 e. The maximum Gasteiger partial charge on any atom is 0.227 e. The van der Waals surface area contributed by atoms with Gasteiger partial charge >= 0.3 is 0 Å². The molecule has 148 valence electrons. The largest absolute Gasteiger partial charge is 0.381 e.